The monoisotopic (exact) mass is 210 g/mol. The number of aliphatic carboxylic acids is 1. The molecule has 1 aromatic rings. The molecule has 0 aromatic carbocycles. The number of rotatable bonds is 4. The smallest absolute Gasteiger partial charge is 0.323 e. The van der Waals surface area contributed by atoms with Crippen LogP contribution in [0, 0.1) is 0 Å². The van der Waals surface area contributed by atoms with E-state index in [-0.39, 0.29) is 12.2 Å². The number of hydrogen-bond acceptors (Lipinski definition) is 5. The van der Waals surface area contributed by atoms with Crippen molar-refractivity contribution in [2.75, 3.05) is 18.5 Å². The van der Waals surface area contributed by atoms with Gasteiger partial charge in [0.05, 0.1) is 0 Å². The fraction of sp³-hybridized carbons (Fsp3) is 0.250. The number of hydrogen-bond donors (Lipinski definition) is 2. The van der Waals surface area contributed by atoms with Gasteiger partial charge in [0.15, 0.2) is 11.5 Å². The zero-order chi connectivity index (χ0) is 11.4. The van der Waals surface area contributed by atoms with E-state index < -0.39 is 11.9 Å². The Labute approximate surface area is 85.5 Å². The number of amides is 1. The Hall–Kier alpha value is -2.18. The molecule has 0 bridgehead atoms. The van der Waals surface area contributed by atoms with Crippen LogP contribution in [0.4, 0.5) is 5.82 Å². The van der Waals surface area contributed by atoms with Crippen LogP contribution in [0.5, 0.6) is 0 Å². The van der Waals surface area contributed by atoms with Gasteiger partial charge in [-0.15, -0.1) is 10.2 Å². The summed E-state index contributed by atoms with van der Waals surface area (Å²) in [6, 6.07) is 2.87. The van der Waals surface area contributed by atoms with Crippen LogP contribution in [-0.2, 0) is 4.79 Å². The third-order valence-electron chi connectivity index (χ3n) is 1.67. The van der Waals surface area contributed by atoms with Gasteiger partial charge in [-0.1, -0.05) is 0 Å². The van der Waals surface area contributed by atoms with Crippen molar-refractivity contribution in [2.24, 2.45) is 5.73 Å². The van der Waals surface area contributed by atoms with Crippen molar-refractivity contribution in [3.63, 3.8) is 0 Å². The lowest BCUT2D eigenvalue weighted by molar-refractivity contribution is -0.135. The highest BCUT2D eigenvalue weighted by Gasteiger charge is 2.08. The van der Waals surface area contributed by atoms with Gasteiger partial charge in [-0.2, -0.15) is 0 Å². The third kappa shape index (κ3) is 2.90. The Kier molecular flexibility index (Phi) is 3.17. The van der Waals surface area contributed by atoms with Crippen LogP contribution in [-0.4, -0.2) is 40.8 Å². The topological polar surface area (TPSA) is 109 Å². The van der Waals surface area contributed by atoms with Gasteiger partial charge in [0.1, 0.15) is 6.54 Å². The number of carbonyl (C=O) groups excluding carboxylic acids is 1. The second-order valence-corrected chi connectivity index (χ2v) is 2.89. The summed E-state index contributed by atoms with van der Waals surface area (Å²) in [5.74, 6) is -1.28. The van der Waals surface area contributed by atoms with Gasteiger partial charge in [-0.25, -0.2) is 0 Å². The average molecular weight is 210 g/mol. The Balaban J connectivity index is 2.79. The molecule has 80 valence electrons. The molecule has 1 heterocycles. The Morgan fingerprint density at radius 2 is 2.13 bits per heavy atom. The summed E-state index contributed by atoms with van der Waals surface area (Å²) in [4.78, 5) is 22.5. The molecule has 0 aliphatic heterocycles. The number of carboxylic acid groups (broad SMARTS) is 1. The molecule has 0 aliphatic rings. The summed E-state index contributed by atoms with van der Waals surface area (Å²) in [7, 11) is 1.56. The molecular formula is C8H10N4O3. The van der Waals surface area contributed by atoms with Gasteiger partial charge >= 0.3 is 5.97 Å². The van der Waals surface area contributed by atoms with Crippen molar-refractivity contribution in [3.05, 3.63) is 17.8 Å². The molecular weight excluding hydrogens is 200 g/mol. The number of likely N-dealkylation sites (N-methyl/N-ethyl adjacent to an activating group) is 1. The van der Waals surface area contributed by atoms with Crippen molar-refractivity contribution in [3.8, 4) is 0 Å². The zero-order valence-electron chi connectivity index (χ0n) is 8.04. The summed E-state index contributed by atoms with van der Waals surface area (Å²) in [5, 5.41) is 15.7. The van der Waals surface area contributed by atoms with Gasteiger partial charge in [0.25, 0.3) is 5.91 Å². The third-order valence-corrected chi connectivity index (χ3v) is 1.67. The number of aromatic nitrogens is 2. The number of nitrogens with two attached hydrogens (primary N) is 1. The number of primary amides is 1. The van der Waals surface area contributed by atoms with E-state index in [9.17, 15) is 9.59 Å². The largest absolute Gasteiger partial charge is 0.480 e. The van der Waals surface area contributed by atoms with Gasteiger partial charge < -0.3 is 15.7 Å². The Morgan fingerprint density at radius 1 is 1.47 bits per heavy atom. The molecule has 1 rings (SSSR count). The van der Waals surface area contributed by atoms with Crippen LogP contribution in [0.1, 0.15) is 10.5 Å². The van der Waals surface area contributed by atoms with E-state index in [1.807, 2.05) is 0 Å². The normalized spacial score (nSPS) is 9.67. The van der Waals surface area contributed by atoms with Crippen molar-refractivity contribution >= 4 is 17.7 Å². The maximum Gasteiger partial charge on any atom is 0.323 e. The molecule has 7 nitrogen and oxygen atoms in total. The lowest BCUT2D eigenvalue weighted by Gasteiger charge is -2.14. The lowest BCUT2D eigenvalue weighted by atomic mass is 10.3. The van der Waals surface area contributed by atoms with Gasteiger partial charge in [0, 0.05) is 7.05 Å². The average Bonchev–Trinajstić information content (AvgIpc) is 2.17. The number of carbonyl (C=O) groups is 2. The van der Waals surface area contributed by atoms with E-state index in [0.717, 1.165) is 0 Å². The first-order valence-corrected chi connectivity index (χ1v) is 4.07. The molecule has 0 spiro atoms. The molecule has 0 saturated heterocycles. The first-order chi connectivity index (χ1) is 7.00. The molecule has 0 saturated carbocycles. The predicted octanol–water partition coefficient (Wildman–Crippen LogP) is -0.904. The lowest BCUT2D eigenvalue weighted by Crippen LogP contribution is -2.26. The summed E-state index contributed by atoms with van der Waals surface area (Å²) >= 11 is 0. The second-order valence-electron chi connectivity index (χ2n) is 2.89. The van der Waals surface area contributed by atoms with Crippen molar-refractivity contribution in [2.45, 2.75) is 0 Å². The van der Waals surface area contributed by atoms with Crippen molar-refractivity contribution in [1.29, 1.82) is 0 Å². The van der Waals surface area contributed by atoms with Crippen LogP contribution >= 0.6 is 0 Å². The standard InChI is InChI=1S/C8H10N4O3/c1-12(4-7(13)14)6-3-2-5(8(9)15)10-11-6/h2-3H,4H2,1H3,(H2,9,15)(H,13,14). The van der Waals surface area contributed by atoms with E-state index in [2.05, 4.69) is 10.2 Å². The van der Waals surface area contributed by atoms with E-state index in [1.165, 1.54) is 17.0 Å². The minimum Gasteiger partial charge on any atom is -0.480 e. The quantitative estimate of drug-likeness (QED) is 0.666. The first kappa shape index (κ1) is 10.9. The maximum absolute atomic E-state index is 10.7. The predicted molar refractivity (Wildman–Crippen MR) is 51.5 cm³/mol. The van der Waals surface area contributed by atoms with E-state index in [4.69, 9.17) is 10.8 Å². The molecule has 0 fully saturated rings. The summed E-state index contributed by atoms with van der Waals surface area (Å²) in [6.45, 7) is -0.190. The molecule has 15 heavy (non-hydrogen) atoms. The van der Waals surface area contributed by atoms with E-state index >= 15 is 0 Å². The highest BCUT2D eigenvalue weighted by atomic mass is 16.4. The second kappa shape index (κ2) is 4.36. The van der Waals surface area contributed by atoms with Gasteiger partial charge in [0.2, 0.25) is 0 Å². The molecule has 0 radical (unpaired) electrons. The summed E-state index contributed by atoms with van der Waals surface area (Å²) in [6.07, 6.45) is 0. The van der Waals surface area contributed by atoms with E-state index in [1.54, 1.807) is 7.05 Å². The highest BCUT2D eigenvalue weighted by Crippen LogP contribution is 2.06. The molecule has 0 aliphatic carbocycles. The van der Waals surface area contributed by atoms with Crippen LogP contribution in [0.2, 0.25) is 0 Å². The first-order valence-electron chi connectivity index (χ1n) is 4.07. The number of anilines is 1. The van der Waals surface area contributed by atoms with Crippen molar-refractivity contribution in [1.82, 2.24) is 10.2 Å². The van der Waals surface area contributed by atoms with Crippen LogP contribution in [0.25, 0.3) is 0 Å². The highest BCUT2D eigenvalue weighted by molar-refractivity contribution is 5.90. The van der Waals surface area contributed by atoms with E-state index in [0.29, 0.717) is 5.82 Å². The number of nitrogens with zero attached hydrogens (tertiary/aromatic N) is 3. The van der Waals surface area contributed by atoms with Crippen LogP contribution < -0.4 is 10.6 Å². The SMILES string of the molecule is CN(CC(=O)O)c1ccc(C(N)=O)nn1. The van der Waals surface area contributed by atoms with Gasteiger partial charge in [-0.05, 0) is 12.1 Å². The molecule has 0 unspecified atom stereocenters. The van der Waals surface area contributed by atoms with Crippen molar-refractivity contribution < 1.29 is 14.7 Å². The summed E-state index contributed by atoms with van der Waals surface area (Å²) < 4.78 is 0. The fourth-order valence-electron chi connectivity index (χ4n) is 0.944. The molecule has 1 amide bonds. The number of carboxylic acids is 1. The van der Waals surface area contributed by atoms with Crippen LogP contribution in [0.3, 0.4) is 0 Å². The minimum atomic E-state index is -0.974. The zero-order valence-corrected chi connectivity index (χ0v) is 8.04. The Morgan fingerprint density at radius 3 is 2.53 bits per heavy atom. The summed E-state index contributed by atoms with van der Waals surface area (Å²) in [5.41, 5.74) is 5.02. The maximum atomic E-state index is 10.7. The molecule has 0 atom stereocenters. The molecule has 3 N–H and O–H groups in total. The fourth-order valence-corrected chi connectivity index (χ4v) is 0.944. The molecule has 1 aromatic heterocycles. The minimum absolute atomic E-state index is 0.0440. The Bertz CT molecular complexity index is 376. The molecule has 7 heteroatoms. The van der Waals surface area contributed by atoms with Crippen LogP contribution in [0.15, 0.2) is 12.1 Å². The van der Waals surface area contributed by atoms with Gasteiger partial charge in [-0.3, -0.25) is 9.59 Å².